The number of hydrogen-bond donors (Lipinski definition) is 2. The van der Waals surface area contributed by atoms with Crippen molar-refractivity contribution in [3.63, 3.8) is 0 Å². The van der Waals surface area contributed by atoms with E-state index >= 15 is 0 Å². The van der Waals surface area contributed by atoms with Crippen molar-refractivity contribution in [2.24, 2.45) is 0 Å². The standard InChI is InChI=1S/C25H38N2/c1-5-11-20-15-9-16-21(12-6-2)24(20)26-19-27-25-22(13-7-3)17-10-18-23(25)14-8-4/h9-10,15-18,26-27H,5-8,11-14,19H2,1-4H3. The summed E-state index contributed by atoms with van der Waals surface area (Å²) in [5.74, 6) is 0. The molecule has 0 bridgehead atoms. The van der Waals surface area contributed by atoms with E-state index in [1.165, 1.54) is 59.3 Å². The van der Waals surface area contributed by atoms with Crippen LogP contribution in [0.2, 0.25) is 0 Å². The van der Waals surface area contributed by atoms with Crippen LogP contribution in [-0.4, -0.2) is 6.67 Å². The van der Waals surface area contributed by atoms with Gasteiger partial charge >= 0.3 is 0 Å². The maximum absolute atomic E-state index is 3.73. The van der Waals surface area contributed by atoms with Gasteiger partial charge in [0.1, 0.15) is 0 Å². The number of rotatable bonds is 12. The third-order valence-electron chi connectivity index (χ3n) is 5.08. The van der Waals surface area contributed by atoms with Crippen LogP contribution in [0, 0.1) is 0 Å². The van der Waals surface area contributed by atoms with Crippen molar-refractivity contribution < 1.29 is 0 Å². The molecule has 0 saturated heterocycles. The van der Waals surface area contributed by atoms with Gasteiger partial charge in [0.2, 0.25) is 0 Å². The molecule has 2 aromatic carbocycles. The first-order chi connectivity index (χ1) is 13.2. The smallest absolute Gasteiger partial charge is 0.0849 e. The van der Waals surface area contributed by atoms with Crippen LogP contribution in [0.4, 0.5) is 11.4 Å². The lowest BCUT2D eigenvalue weighted by Gasteiger charge is -2.20. The zero-order valence-corrected chi connectivity index (χ0v) is 17.8. The Bertz CT molecular complexity index is 583. The highest BCUT2D eigenvalue weighted by Crippen LogP contribution is 2.26. The Labute approximate surface area is 166 Å². The van der Waals surface area contributed by atoms with Crippen LogP contribution in [0.1, 0.15) is 75.6 Å². The minimum atomic E-state index is 0.773. The Balaban J connectivity index is 2.18. The fourth-order valence-corrected chi connectivity index (χ4v) is 3.89. The van der Waals surface area contributed by atoms with Gasteiger partial charge in [-0.1, -0.05) is 89.8 Å². The molecule has 2 rings (SSSR count). The maximum Gasteiger partial charge on any atom is 0.0849 e. The number of anilines is 2. The number of aryl methyl sites for hydroxylation is 4. The predicted octanol–water partition coefficient (Wildman–Crippen LogP) is 6.98. The molecule has 0 amide bonds. The molecule has 27 heavy (non-hydrogen) atoms. The lowest BCUT2D eigenvalue weighted by Crippen LogP contribution is -2.16. The molecule has 0 aliphatic rings. The van der Waals surface area contributed by atoms with Gasteiger partial charge in [-0.25, -0.2) is 0 Å². The Morgan fingerprint density at radius 1 is 0.519 bits per heavy atom. The monoisotopic (exact) mass is 366 g/mol. The van der Waals surface area contributed by atoms with Gasteiger partial charge in [-0.3, -0.25) is 0 Å². The van der Waals surface area contributed by atoms with E-state index in [1.54, 1.807) is 0 Å². The van der Waals surface area contributed by atoms with Crippen LogP contribution < -0.4 is 10.6 Å². The average Bonchev–Trinajstić information content (AvgIpc) is 2.66. The predicted molar refractivity (Wildman–Crippen MR) is 121 cm³/mol. The van der Waals surface area contributed by atoms with Gasteiger partial charge in [0.05, 0.1) is 6.67 Å². The Hall–Kier alpha value is -1.96. The molecule has 0 spiro atoms. The minimum Gasteiger partial charge on any atom is -0.367 e. The molecular weight excluding hydrogens is 328 g/mol. The summed E-state index contributed by atoms with van der Waals surface area (Å²) in [4.78, 5) is 0. The van der Waals surface area contributed by atoms with Gasteiger partial charge in [0.15, 0.2) is 0 Å². The van der Waals surface area contributed by atoms with E-state index in [0.717, 1.165) is 32.4 Å². The van der Waals surface area contributed by atoms with Gasteiger partial charge in [-0.05, 0) is 47.9 Å². The first kappa shape index (κ1) is 21.3. The van der Waals surface area contributed by atoms with Crippen molar-refractivity contribution in [2.75, 3.05) is 17.3 Å². The fourth-order valence-electron chi connectivity index (χ4n) is 3.89. The molecule has 2 N–H and O–H groups in total. The summed E-state index contributed by atoms with van der Waals surface area (Å²) in [6.07, 6.45) is 9.24. The summed E-state index contributed by atoms with van der Waals surface area (Å²) >= 11 is 0. The van der Waals surface area contributed by atoms with E-state index in [2.05, 4.69) is 74.7 Å². The topological polar surface area (TPSA) is 24.1 Å². The third kappa shape index (κ3) is 6.02. The van der Waals surface area contributed by atoms with Crippen molar-refractivity contribution >= 4 is 11.4 Å². The van der Waals surface area contributed by atoms with Crippen LogP contribution in [0.25, 0.3) is 0 Å². The molecule has 0 atom stereocenters. The Kier molecular flexibility index (Phi) is 9.24. The third-order valence-corrected chi connectivity index (χ3v) is 5.08. The van der Waals surface area contributed by atoms with Gasteiger partial charge in [-0.2, -0.15) is 0 Å². The first-order valence-electron chi connectivity index (χ1n) is 10.9. The Morgan fingerprint density at radius 3 is 1.07 bits per heavy atom. The molecule has 0 radical (unpaired) electrons. The summed E-state index contributed by atoms with van der Waals surface area (Å²) in [6, 6.07) is 13.5. The number of nitrogens with one attached hydrogen (secondary N) is 2. The lowest BCUT2D eigenvalue weighted by atomic mass is 10.00. The van der Waals surface area contributed by atoms with E-state index < -0.39 is 0 Å². The SMILES string of the molecule is CCCc1cccc(CCC)c1NCNc1c(CCC)cccc1CCC. The van der Waals surface area contributed by atoms with Crippen LogP contribution in [-0.2, 0) is 25.7 Å². The molecule has 2 aromatic rings. The average molecular weight is 367 g/mol. The minimum absolute atomic E-state index is 0.773. The van der Waals surface area contributed by atoms with E-state index in [9.17, 15) is 0 Å². The quantitative estimate of drug-likeness (QED) is 0.396. The second-order valence-electron chi connectivity index (χ2n) is 7.43. The van der Waals surface area contributed by atoms with Crippen LogP contribution in [0.5, 0.6) is 0 Å². The second kappa shape index (κ2) is 11.7. The summed E-state index contributed by atoms with van der Waals surface area (Å²) < 4.78 is 0. The van der Waals surface area contributed by atoms with Crippen LogP contribution in [0.15, 0.2) is 36.4 Å². The summed E-state index contributed by atoms with van der Waals surface area (Å²) in [5.41, 5.74) is 8.47. The largest absolute Gasteiger partial charge is 0.367 e. The summed E-state index contributed by atoms with van der Waals surface area (Å²) in [7, 11) is 0. The molecule has 0 fully saturated rings. The zero-order valence-electron chi connectivity index (χ0n) is 17.8. The molecule has 2 heteroatoms. The van der Waals surface area contributed by atoms with Crippen molar-refractivity contribution in [3.05, 3.63) is 58.7 Å². The highest BCUT2D eigenvalue weighted by atomic mass is 15.1. The number of hydrogen-bond acceptors (Lipinski definition) is 2. The van der Waals surface area contributed by atoms with E-state index in [4.69, 9.17) is 0 Å². The molecule has 0 aromatic heterocycles. The number of para-hydroxylation sites is 2. The van der Waals surface area contributed by atoms with Crippen molar-refractivity contribution in [1.82, 2.24) is 0 Å². The molecule has 0 saturated carbocycles. The van der Waals surface area contributed by atoms with E-state index in [1.807, 2.05) is 0 Å². The molecule has 148 valence electrons. The molecule has 0 unspecified atom stereocenters. The van der Waals surface area contributed by atoms with Crippen molar-refractivity contribution in [3.8, 4) is 0 Å². The molecule has 2 nitrogen and oxygen atoms in total. The van der Waals surface area contributed by atoms with Gasteiger partial charge in [0, 0.05) is 11.4 Å². The van der Waals surface area contributed by atoms with E-state index in [0.29, 0.717) is 0 Å². The van der Waals surface area contributed by atoms with Crippen LogP contribution in [0.3, 0.4) is 0 Å². The molecule has 0 aliphatic heterocycles. The lowest BCUT2D eigenvalue weighted by molar-refractivity contribution is 0.888. The first-order valence-corrected chi connectivity index (χ1v) is 10.9. The molecule has 0 heterocycles. The fraction of sp³-hybridized carbons (Fsp3) is 0.520. The second-order valence-corrected chi connectivity index (χ2v) is 7.43. The zero-order chi connectivity index (χ0) is 19.5. The Morgan fingerprint density at radius 2 is 0.815 bits per heavy atom. The summed E-state index contributed by atoms with van der Waals surface area (Å²) in [5, 5.41) is 7.46. The van der Waals surface area contributed by atoms with Crippen molar-refractivity contribution in [1.29, 1.82) is 0 Å². The van der Waals surface area contributed by atoms with E-state index in [-0.39, 0.29) is 0 Å². The highest BCUT2D eigenvalue weighted by Gasteiger charge is 2.10. The van der Waals surface area contributed by atoms with Crippen LogP contribution >= 0.6 is 0 Å². The van der Waals surface area contributed by atoms with Gasteiger partial charge in [0.25, 0.3) is 0 Å². The highest BCUT2D eigenvalue weighted by molar-refractivity contribution is 5.61. The molecular formula is C25H38N2. The maximum atomic E-state index is 3.73. The molecule has 0 aliphatic carbocycles. The van der Waals surface area contributed by atoms with Crippen molar-refractivity contribution in [2.45, 2.75) is 79.1 Å². The summed E-state index contributed by atoms with van der Waals surface area (Å²) in [6.45, 7) is 9.80. The number of benzene rings is 2. The van der Waals surface area contributed by atoms with Gasteiger partial charge in [-0.15, -0.1) is 0 Å². The van der Waals surface area contributed by atoms with Gasteiger partial charge < -0.3 is 10.6 Å². The normalized spacial score (nSPS) is 10.8.